The molecular formula is C21H23N7O. The van der Waals surface area contributed by atoms with Crippen LogP contribution in [0, 0.1) is 6.92 Å². The van der Waals surface area contributed by atoms with Crippen molar-refractivity contribution in [2.75, 3.05) is 41.9 Å². The molecule has 0 saturated carbocycles. The van der Waals surface area contributed by atoms with Crippen molar-refractivity contribution in [3.8, 4) is 0 Å². The molecule has 1 aromatic heterocycles. The molecule has 0 spiro atoms. The maximum absolute atomic E-state index is 5.43. The Labute approximate surface area is 169 Å². The molecule has 0 amide bonds. The predicted octanol–water partition coefficient (Wildman–Crippen LogP) is 3.21. The highest BCUT2D eigenvalue weighted by Crippen LogP contribution is 2.19. The number of morpholine rings is 1. The van der Waals surface area contributed by atoms with Crippen LogP contribution in [-0.2, 0) is 4.74 Å². The molecule has 0 unspecified atom stereocenters. The smallest absolute Gasteiger partial charge is 0.250 e. The van der Waals surface area contributed by atoms with Crippen molar-refractivity contribution < 1.29 is 4.74 Å². The number of aryl methyl sites for hydroxylation is 1. The first-order valence-corrected chi connectivity index (χ1v) is 9.53. The summed E-state index contributed by atoms with van der Waals surface area (Å²) in [7, 11) is 0. The van der Waals surface area contributed by atoms with Gasteiger partial charge in [-0.2, -0.15) is 20.1 Å². The lowest BCUT2D eigenvalue weighted by molar-refractivity contribution is 0.122. The highest BCUT2D eigenvalue weighted by atomic mass is 16.5. The average molecular weight is 389 g/mol. The first-order chi connectivity index (χ1) is 14.3. The Morgan fingerprint density at radius 2 is 1.66 bits per heavy atom. The number of benzene rings is 2. The lowest BCUT2D eigenvalue weighted by atomic mass is 10.2. The molecule has 0 bridgehead atoms. The number of hydrazone groups is 1. The molecule has 8 heteroatoms. The zero-order valence-corrected chi connectivity index (χ0v) is 16.2. The topological polar surface area (TPSA) is 87.6 Å². The van der Waals surface area contributed by atoms with E-state index in [1.54, 1.807) is 6.21 Å². The minimum Gasteiger partial charge on any atom is -0.378 e. The SMILES string of the molecule is Cc1ccc(Nc2nc(N/N=C/c3ccccc3)nc(N3CCOCC3)n2)cc1. The molecule has 0 aliphatic carbocycles. The Bertz CT molecular complexity index is 955. The number of hydrogen-bond donors (Lipinski definition) is 2. The van der Waals surface area contributed by atoms with Crippen molar-refractivity contribution in [2.45, 2.75) is 6.92 Å². The molecule has 29 heavy (non-hydrogen) atoms. The van der Waals surface area contributed by atoms with Gasteiger partial charge in [0.05, 0.1) is 19.4 Å². The largest absolute Gasteiger partial charge is 0.378 e. The van der Waals surface area contributed by atoms with Gasteiger partial charge in [-0.05, 0) is 24.6 Å². The van der Waals surface area contributed by atoms with Gasteiger partial charge in [0, 0.05) is 18.8 Å². The zero-order valence-electron chi connectivity index (χ0n) is 16.2. The molecule has 3 aromatic rings. The van der Waals surface area contributed by atoms with Crippen molar-refractivity contribution in [3.63, 3.8) is 0 Å². The van der Waals surface area contributed by atoms with E-state index in [4.69, 9.17) is 4.74 Å². The van der Waals surface area contributed by atoms with Crippen LogP contribution in [-0.4, -0.2) is 47.5 Å². The summed E-state index contributed by atoms with van der Waals surface area (Å²) in [5.41, 5.74) is 6.01. The predicted molar refractivity (Wildman–Crippen MR) is 115 cm³/mol. The maximum atomic E-state index is 5.43. The highest BCUT2D eigenvalue weighted by Gasteiger charge is 2.16. The Balaban J connectivity index is 1.56. The fourth-order valence-corrected chi connectivity index (χ4v) is 2.85. The number of nitrogens with zero attached hydrogens (tertiary/aromatic N) is 5. The summed E-state index contributed by atoms with van der Waals surface area (Å²) in [4.78, 5) is 15.7. The Morgan fingerprint density at radius 3 is 2.41 bits per heavy atom. The van der Waals surface area contributed by atoms with E-state index in [2.05, 4.69) is 42.6 Å². The van der Waals surface area contributed by atoms with Gasteiger partial charge in [0.2, 0.25) is 17.8 Å². The van der Waals surface area contributed by atoms with Crippen LogP contribution in [0.1, 0.15) is 11.1 Å². The van der Waals surface area contributed by atoms with Gasteiger partial charge in [0.25, 0.3) is 0 Å². The van der Waals surface area contributed by atoms with Gasteiger partial charge >= 0.3 is 0 Å². The molecule has 0 radical (unpaired) electrons. The van der Waals surface area contributed by atoms with Crippen LogP contribution < -0.4 is 15.6 Å². The van der Waals surface area contributed by atoms with E-state index in [1.807, 2.05) is 54.6 Å². The Kier molecular flexibility index (Phi) is 5.92. The number of ether oxygens (including phenoxy) is 1. The molecule has 1 aliphatic heterocycles. The molecule has 2 heterocycles. The third kappa shape index (κ3) is 5.26. The van der Waals surface area contributed by atoms with Crippen LogP contribution in [0.4, 0.5) is 23.5 Å². The summed E-state index contributed by atoms with van der Waals surface area (Å²) in [6, 6.07) is 17.9. The minimum atomic E-state index is 0.378. The highest BCUT2D eigenvalue weighted by molar-refractivity contribution is 5.79. The molecule has 1 aliphatic rings. The van der Waals surface area contributed by atoms with E-state index >= 15 is 0 Å². The first-order valence-electron chi connectivity index (χ1n) is 9.53. The van der Waals surface area contributed by atoms with Gasteiger partial charge in [-0.15, -0.1) is 0 Å². The monoisotopic (exact) mass is 389 g/mol. The maximum Gasteiger partial charge on any atom is 0.250 e. The van der Waals surface area contributed by atoms with E-state index in [-0.39, 0.29) is 0 Å². The van der Waals surface area contributed by atoms with Crippen molar-refractivity contribution >= 4 is 29.7 Å². The van der Waals surface area contributed by atoms with E-state index in [1.165, 1.54) is 5.56 Å². The van der Waals surface area contributed by atoms with Crippen LogP contribution >= 0.6 is 0 Å². The summed E-state index contributed by atoms with van der Waals surface area (Å²) < 4.78 is 5.43. The second-order valence-corrected chi connectivity index (χ2v) is 6.65. The number of rotatable bonds is 6. The molecule has 1 saturated heterocycles. The third-order valence-electron chi connectivity index (χ3n) is 4.40. The van der Waals surface area contributed by atoms with E-state index in [9.17, 15) is 0 Å². The van der Waals surface area contributed by atoms with Crippen molar-refractivity contribution in [2.24, 2.45) is 5.10 Å². The van der Waals surface area contributed by atoms with Crippen LogP contribution in [0.5, 0.6) is 0 Å². The Morgan fingerprint density at radius 1 is 0.931 bits per heavy atom. The molecule has 4 rings (SSSR count). The van der Waals surface area contributed by atoms with Gasteiger partial charge in [-0.25, -0.2) is 5.43 Å². The van der Waals surface area contributed by atoms with E-state index in [0.29, 0.717) is 31.1 Å². The lowest BCUT2D eigenvalue weighted by Gasteiger charge is -2.27. The third-order valence-corrected chi connectivity index (χ3v) is 4.40. The molecule has 0 atom stereocenters. The summed E-state index contributed by atoms with van der Waals surface area (Å²) in [6.45, 7) is 4.83. The van der Waals surface area contributed by atoms with E-state index in [0.717, 1.165) is 24.3 Å². The van der Waals surface area contributed by atoms with Gasteiger partial charge in [0.15, 0.2) is 0 Å². The van der Waals surface area contributed by atoms with Gasteiger partial charge in [-0.3, -0.25) is 0 Å². The van der Waals surface area contributed by atoms with Gasteiger partial charge in [-0.1, -0.05) is 48.0 Å². The number of nitrogens with one attached hydrogen (secondary N) is 2. The molecular weight excluding hydrogens is 366 g/mol. The van der Waals surface area contributed by atoms with Crippen LogP contribution in [0.2, 0.25) is 0 Å². The van der Waals surface area contributed by atoms with Crippen molar-refractivity contribution in [1.82, 2.24) is 15.0 Å². The fraction of sp³-hybridized carbons (Fsp3) is 0.238. The molecule has 1 fully saturated rings. The molecule has 2 aromatic carbocycles. The Hall–Kier alpha value is -3.52. The summed E-state index contributed by atoms with van der Waals surface area (Å²) in [5, 5.41) is 7.51. The second-order valence-electron chi connectivity index (χ2n) is 6.65. The standard InChI is InChI=1S/C21H23N7O/c1-16-7-9-18(10-8-16)23-19-24-20(27-22-15-17-5-3-2-4-6-17)26-21(25-19)28-11-13-29-14-12-28/h2-10,15H,11-14H2,1H3,(H2,23,24,25,26,27)/b22-15+. The quantitative estimate of drug-likeness (QED) is 0.494. The van der Waals surface area contributed by atoms with Crippen LogP contribution in [0.15, 0.2) is 59.7 Å². The van der Waals surface area contributed by atoms with Crippen molar-refractivity contribution in [1.29, 1.82) is 0 Å². The molecule has 148 valence electrons. The summed E-state index contributed by atoms with van der Waals surface area (Å²) in [5.74, 6) is 1.43. The number of hydrogen-bond acceptors (Lipinski definition) is 8. The molecule has 2 N–H and O–H groups in total. The average Bonchev–Trinajstić information content (AvgIpc) is 2.77. The normalized spacial score (nSPS) is 14.2. The zero-order chi connectivity index (χ0) is 19.9. The summed E-state index contributed by atoms with van der Waals surface area (Å²) in [6.07, 6.45) is 1.73. The molecule has 8 nitrogen and oxygen atoms in total. The second kappa shape index (κ2) is 9.11. The lowest BCUT2D eigenvalue weighted by Crippen LogP contribution is -2.37. The first kappa shape index (κ1) is 18.8. The summed E-state index contributed by atoms with van der Waals surface area (Å²) >= 11 is 0. The number of aromatic nitrogens is 3. The van der Waals surface area contributed by atoms with Crippen molar-refractivity contribution in [3.05, 3.63) is 65.7 Å². The number of anilines is 4. The van der Waals surface area contributed by atoms with Crippen LogP contribution in [0.25, 0.3) is 0 Å². The van der Waals surface area contributed by atoms with Gasteiger partial charge in [0.1, 0.15) is 0 Å². The fourth-order valence-electron chi connectivity index (χ4n) is 2.85. The van der Waals surface area contributed by atoms with E-state index < -0.39 is 0 Å². The van der Waals surface area contributed by atoms with Crippen LogP contribution in [0.3, 0.4) is 0 Å². The van der Waals surface area contributed by atoms with Gasteiger partial charge < -0.3 is 15.0 Å². The minimum absolute atomic E-state index is 0.378.